The topological polar surface area (TPSA) is 12.5 Å². The second kappa shape index (κ2) is 10.1. The maximum absolute atomic E-state index is 13.8. The van der Waals surface area contributed by atoms with Crippen LogP contribution in [0, 0.1) is 0 Å². The van der Waals surface area contributed by atoms with Gasteiger partial charge in [-0.1, -0.05) is 109 Å². The van der Waals surface area contributed by atoms with Gasteiger partial charge in [-0.05, 0) is 28.3 Å². The smallest absolute Gasteiger partial charge is 0.363 e. The fraction of sp³-hybridized carbons (Fsp3) is 0.200. The summed E-state index contributed by atoms with van der Waals surface area (Å²) in [4.78, 5) is 2.31. The molecule has 0 aromatic heterocycles. The number of halogens is 3. The summed E-state index contributed by atoms with van der Waals surface area (Å²) in [6.07, 6.45) is -5.44. The molecule has 0 N–H and O–H groups in total. The Labute approximate surface area is 203 Å². The molecule has 1 aliphatic rings. The van der Waals surface area contributed by atoms with Crippen LogP contribution in [0.25, 0.3) is 0 Å². The van der Waals surface area contributed by atoms with E-state index in [9.17, 15) is 13.2 Å². The summed E-state index contributed by atoms with van der Waals surface area (Å²) in [5, 5.41) is 0. The van der Waals surface area contributed by atoms with E-state index in [4.69, 9.17) is 4.74 Å². The fourth-order valence-corrected chi connectivity index (χ4v) is 4.79. The Morgan fingerprint density at radius 3 is 1.60 bits per heavy atom. The highest BCUT2D eigenvalue weighted by Gasteiger charge is 2.39. The summed E-state index contributed by atoms with van der Waals surface area (Å²) in [5.74, 6) is 0. The van der Waals surface area contributed by atoms with E-state index in [1.165, 1.54) is 23.3 Å². The predicted molar refractivity (Wildman–Crippen MR) is 131 cm³/mol. The monoisotopic (exact) mass is 473 g/mol. The van der Waals surface area contributed by atoms with E-state index >= 15 is 0 Å². The summed E-state index contributed by atoms with van der Waals surface area (Å²) >= 11 is 0. The van der Waals surface area contributed by atoms with Crippen molar-refractivity contribution in [1.82, 2.24) is 4.90 Å². The summed E-state index contributed by atoms with van der Waals surface area (Å²) in [5.41, 5.74) is 2.56. The van der Waals surface area contributed by atoms with E-state index in [0.29, 0.717) is 18.7 Å². The van der Waals surface area contributed by atoms with E-state index in [0.717, 1.165) is 6.07 Å². The van der Waals surface area contributed by atoms with E-state index < -0.39 is 17.8 Å². The second-order valence-corrected chi connectivity index (χ2v) is 8.81. The lowest BCUT2D eigenvalue weighted by atomic mass is 9.93. The number of likely N-dealkylation sites (tertiary alicyclic amines) is 1. The maximum Gasteiger partial charge on any atom is 0.416 e. The van der Waals surface area contributed by atoms with Crippen LogP contribution in [0.2, 0.25) is 0 Å². The molecule has 0 saturated carbocycles. The number of benzene rings is 4. The normalized spacial score (nSPS) is 15.7. The van der Waals surface area contributed by atoms with Crippen molar-refractivity contribution in [2.45, 2.75) is 24.4 Å². The molecule has 178 valence electrons. The Hall–Kier alpha value is -3.41. The molecule has 1 unspecified atom stereocenters. The van der Waals surface area contributed by atoms with Crippen molar-refractivity contribution in [3.8, 4) is 0 Å². The van der Waals surface area contributed by atoms with Crippen molar-refractivity contribution in [3.63, 3.8) is 0 Å². The van der Waals surface area contributed by atoms with Crippen molar-refractivity contribution < 1.29 is 17.9 Å². The standard InChI is InChI=1S/C30H26F3NO/c31-30(32,33)27-19-11-10-18-26(27)29(24-16-8-3-9-17-24)35-25-20-34(21-25)28(22-12-4-1-5-13-22)23-14-6-2-7-15-23/h1-19,25,28-29H,20-21H2. The molecule has 0 bridgehead atoms. The van der Waals surface area contributed by atoms with Gasteiger partial charge < -0.3 is 4.74 Å². The highest BCUT2D eigenvalue weighted by molar-refractivity contribution is 5.38. The third-order valence-electron chi connectivity index (χ3n) is 6.45. The van der Waals surface area contributed by atoms with Crippen LogP contribution in [0.15, 0.2) is 115 Å². The molecular weight excluding hydrogens is 447 g/mol. The summed E-state index contributed by atoms with van der Waals surface area (Å²) in [6.45, 7) is 1.26. The zero-order valence-corrected chi connectivity index (χ0v) is 19.1. The van der Waals surface area contributed by atoms with Crippen molar-refractivity contribution in [2.75, 3.05) is 13.1 Å². The number of ether oxygens (including phenoxy) is 1. The Balaban J connectivity index is 1.40. The van der Waals surface area contributed by atoms with Crippen molar-refractivity contribution >= 4 is 0 Å². The molecule has 1 fully saturated rings. The molecule has 1 saturated heterocycles. The van der Waals surface area contributed by atoms with Crippen LogP contribution in [0.3, 0.4) is 0 Å². The molecule has 2 nitrogen and oxygen atoms in total. The summed E-state index contributed by atoms with van der Waals surface area (Å²) in [6, 6.07) is 35.5. The van der Waals surface area contributed by atoms with E-state index in [2.05, 4.69) is 29.2 Å². The number of alkyl halides is 3. The molecule has 5 rings (SSSR count). The minimum Gasteiger partial charge on any atom is -0.363 e. The van der Waals surface area contributed by atoms with Crippen LogP contribution >= 0.6 is 0 Å². The molecule has 4 aromatic rings. The number of hydrogen-bond acceptors (Lipinski definition) is 2. The van der Waals surface area contributed by atoms with Gasteiger partial charge in [0, 0.05) is 13.1 Å². The van der Waals surface area contributed by atoms with E-state index in [1.54, 1.807) is 6.07 Å². The third-order valence-corrected chi connectivity index (χ3v) is 6.45. The van der Waals surface area contributed by atoms with Crippen molar-refractivity contribution in [2.24, 2.45) is 0 Å². The molecule has 0 aliphatic carbocycles. The van der Waals surface area contributed by atoms with Crippen molar-refractivity contribution in [3.05, 3.63) is 143 Å². The van der Waals surface area contributed by atoms with Crippen LogP contribution in [-0.4, -0.2) is 24.1 Å². The zero-order chi connectivity index (χ0) is 24.3. The van der Waals surface area contributed by atoms with Gasteiger partial charge in [0.25, 0.3) is 0 Å². The quantitative estimate of drug-likeness (QED) is 0.280. The van der Waals surface area contributed by atoms with Crippen LogP contribution in [0.5, 0.6) is 0 Å². The first-order valence-corrected chi connectivity index (χ1v) is 11.7. The molecule has 1 atom stereocenters. The van der Waals surface area contributed by atoms with Gasteiger partial charge in [-0.25, -0.2) is 0 Å². The highest BCUT2D eigenvalue weighted by Crippen LogP contribution is 2.40. The first-order chi connectivity index (χ1) is 17.0. The Kier molecular flexibility index (Phi) is 6.71. The predicted octanol–water partition coefficient (Wildman–Crippen LogP) is 7.29. The van der Waals surface area contributed by atoms with Gasteiger partial charge in [-0.15, -0.1) is 0 Å². The summed E-state index contributed by atoms with van der Waals surface area (Å²) < 4.78 is 47.9. The lowest BCUT2D eigenvalue weighted by molar-refractivity contribution is -0.141. The second-order valence-electron chi connectivity index (χ2n) is 8.81. The lowest BCUT2D eigenvalue weighted by Gasteiger charge is -2.45. The van der Waals surface area contributed by atoms with Crippen LogP contribution in [-0.2, 0) is 10.9 Å². The zero-order valence-electron chi connectivity index (χ0n) is 19.1. The first kappa shape index (κ1) is 23.3. The average Bonchev–Trinajstić information content (AvgIpc) is 2.86. The maximum atomic E-state index is 13.8. The van der Waals surface area contributed by atoms with Crippen LogP contribution in [0.1, 0.15) is 40.0 Å². The van der Waals surface area contributed by atoms with Gasteiger partial charge in [0.15, 0.2) is 0 Å². The fourth-order valence-electron chi connectivity index (χ4n) is 4.79. The number of hydrogen-bond donors (Lipinski definition) is 0. The minimum absolute atomic E-state index is 0.0647. The Bertz CT molecular complexity index is 1180. The van der Waals surface area contributed by atoms with Gasteiger partial charge in [0.05, 0.1) is 17.7 Å². The molecule has 35 heavy (non-hydrogen) atoms. The summed E-state index contributed by atoms with van der Waals surface area (Å²) in [7, 11) is 0. The molecule has 1 heterocycles. The largest absolute Gasteiger partial charge is 0.416 e. The van der Waals surface area contributed by atoms with E-state index in [-0.39, 0.29) is 17.7 Å². The van der Waals surface area contributed by atoms with Crippen LogP contribution < -0.4 is 0 Å². The Morgan fingerprint density at radius 1 is 0.629 bits per heavy atom. The SMILES string of the molecule is FC(F)(F)c1ccccc1C(OC1CN(C(c2ccccc2)c2ccccc2)C1)c1ccccc1. The van der Waals surface area contributed by atoms with Crippen LogP contribution in [0.4, 0.5) is 13.2 Å². The first-order valence-electron chi connectivity index (χ1n) is 11.7. The van der Waals surface area contributed by atoms with Gasteiger partial charge in [0.2, 0.25) is 0 Å². The van der Waals surface area contributed by atoms with Gasteiger partial charge in [0.1, 0.15) is 6.10 Å². The van der Waals surface area contributed by atoms with Gasteiger partial charge in [-0.3, -0.25) is 4.90 Å². The Morgan fingerprint density at radius 2 is 1.09 bits per heavy atom. The molecule has 4 aromatic carbocycles. The van der Waals surface area contributed by atoms with Crippen molar-refractivity contribution in [1.29, 1.82) is 0 Å². The average molecular weight is 474 g/mol. The number of rotatable bonds is 7. The van der Waals surface area contributed by atoms with Gasteiger partial charge in [-0.2, -0.15) is 13.2 Å². The molecule has 1 aliphatic heterocycles. The third kappa shape index (κ3) is 5.16. The molecule has 0 spiro atoms. The molecule has 0 amide bonds. The minimum atomic E-state index is -4.45. The highest BCUT2D eigenvalue weighted by atomic mass is 19.4. The molecule has 5 heteroatoms. The van der Waals surface area contributed by atoms with E-state index in [1.807, 2.05) is 66.7 Å². The lowest BCUT2D eigenvalue weighted by Crippen LogP contribution is -2.54. The molecule has 0 radical (unpaired) electrons. The molecular formula is C30H26F3NO. The number of nitrogens with zero attached hydrogens (tertiary/aromatic N) is 1. The van der Waals surface area contributed by atoms with Gasteiger partial charge >= 0.3 is 6.18 Å².